The second kappa shape index (κ2) is 4.26. The SMILES string of the molecule is O=S(=O)(O)c1nc2ccccc2s1.[NaH]. The van der Waals surface area contributed by atoms with Crippen LogP contribution in [0.25, 0.3) is 10.2 Å². The molecule has 0 aliphatic rings. The van der Waals surface area contributed by atoms with Crippen molar-refractivity contribution in [1.29, 1.82) is 0 Å². The van der Waals surface area contributed by atoms with Crippen LogP contribution in [0.2, 0.25) is 0 Å². The molecule has 0 atom stereocenters. The van der Waals surface area contributed by atoms with Crippen molar-refractivity contribution in [2.45, 2.75) is 4.34 Å². The molecule has 0 aliphatic heterocycles. The first-order valence-electron chi connectivity index (χ1n) is 3.40. The number of hydrogen-bond donors (Lipinski definition) is 1. The molecule has 0 bridgehead atoms. The zero-order chi connectivity index (χ0) is 9.47. The maximum atomic E-state index is 10.7. The van der Waals surface area contributed by atoms with E-state index < -0.39 is 10.1 Å². The standard InChI is InChI=1S/C7H5NO3S2.Na.H/c9-13(10,11)7-8-5-3-1-2-4-6(5)12-7;;/h1-4H,(H,9,10,11);;. The van der Waals surface area contributed by atoms with Crippen molar-refractivity contribution >= 4 is 61.2 Å². The third-order valence-electron chi connectivity index (χ3n) is 1.49. The molecule has 1 N–H and O–H groups in total. The van der Waals surface area contributed by atoms with Crippen LogP contribution in [0, 0.1) is 0 Å². The third kappa shape index (κ3) is 2.33. The minimum atomic E-state index is -4.16. The van der Waals surface area contributed by atoms with Gasteiger partial charge >= 0.3 is 39.7 Å². The molecule has 0 spiro atoms. The zero-order valence-electron chi connectivity index (χ0n) is 6.34. The first-order chi connectivity index (χ1) is 6.07. The summed E-state index contributed by atoms with van der Waals surface area (Å²) < 4.78 is 30.6. The van der Waals surface area contributed by atoms with E-state index in [0.29, 0.717) is 5.52 Å². The molecule has 0 fully saturated rings. The molecule has 0 unspecified atom stereocenters. The molecule has 0 saturated carbocycles. The van der Waals surface area contributed by atoms with Gasteiger partial charge in [0.15, 0.2) is 0 Å². The molecular weight excluding hydrogens is 233 g/mol. The summed E-state index contributed by atoms with van der Waals surface area (Å²) in [4.78, 5) is 3.76. The molecule has 2 rings (SSSR count). The van der Waals surface area contributed by atoms with Crippen LogP contribution >= 0.6 is 11.3 Å². The fourth-order valence-corrected chi connectivity index (χ4v) is 2.56. The number of rotatable bonds is 1. The summed E-state index contributed by atoms with van der Waals surface area (Å²) in [5.41, 5.74) is 0.583. The van der Waals surface area contributed by atoms with Crippen molar-refractivity contribution in [2.75, 3.05) is 0 Å². The summed E-state index contributed by atoms with van der Waals surface area (Å²) in [6.07, 6.45) is 0. The van der Waals surface area contributed by atoms with E-state index in [4.69, 9.17) is 4.55 Å². The summed E-state index contributed by atoms with van der Waals surface area (Å²) in [6, 6.07) is 6.99. The van der Waals surface area contributed by atoms with E-state index in [2.05, 4.69) is 4.98 Å². The molecule has 0 aliphatic carbocycles. The summed E-state index contributed by atoms with van der Waals surface area (Å²) >= 11 is 0.955. The van der Waals surface area contributed by atoms with Crippen LogP contribution in [0.1, 0.15) is 0 Å². The van der Waals surface area contributed by atoms with Crippen molar-refractivity contribution in [2.24, 2.45) is 0 Å². The van der Waals surface area contributed by atoms with Gasteiger partial charge in [0.25, 0.3) is 0 Å². The van der Waals surface area contributed by atoms with Gasteiger partial charge in [0.2, 0.25) is 4.34 Å². The number of para-hydroxylation sites is 1. The van der Waals surface area contributed by atoms with Crippen LogP contribution in [0.15, 0.2) is 28.6 Å². The van der Waals surface area contributed by atoms with E-state index in [9.17, 15) is 8.42 Å². The van der Waals surface area contributed by atoms with Gasteiger partial charge in [-0.2, -0.15) is 8.42 Å². The number of thiazole rings is 1. The Bertz CT molecular complexity index is 516. The molecule has 7 heteroatoms. The van der Waals surface area contributed by atoms with Gasteiger partial charge < -0.3 is 0 Å². The second-order valence-electron chi connectivity index (χ2n) is 2.42. The fourth-order valence-electron chi connectivity index (χ4n) is 0.961. The minimum absolute atomic E-state index is 0. The number of nitrogens with zero attached hydrogens (tertiary/aromatic N) is 1. The van der Waals surface area contributed by atoms with Gasteiger partial charge in [0.1, 0.15) is 0 Å². The van der Waals surface area contributed by atoms with Gasteiger partial charge in [-0.1, -0.05) is 12.1 Å². The average molecular weight is 239 g/mol. The van der Waals surface area contributed by atoms with Gasteiger partial charge in [0, 0.05) is 0 Å². The predicted molar refractivity (Wildman–Crippen MR) is 56.6 cm³/mol. The van der Waals surface area contributed by atoms with Gasteiger partial charge in [0.05, 0.1) is 10.2 Å². The topological polar surface area (TPSA) is 67.3 Å². The fraction of sp³-hybridized carbons (Fsp3) is 0. The normalized spacial score (nSPS) is 11.2. The Labute approximate surface area is 107 Å². The van der Waals surface area contributed by atoms with Crippen LogP contribution in [-0.2, 0) is 10.1 Å². The van der Waals surface area contributed by atoms with Crippen molar-refractivity contribution in [3.8, 4) is 0 Å². The molecular formula is C7H6NNaO3S2. The van der Waals surface area contributed by atoms with E-state index in [-0.39, 0.29) is 33.9 Å². The Morgan fingerprint density at radius 2 is 1.93 bits per heavy atom. The zero-order valence-corrected chi connectivity index (χ0v) is 7.97. The van der Waals surface area contributed by atoms with E-state index in [1.165, 1.54) is 0 Å². The van der Waals surface area contributed by atoms with Crippen LogP contribution in [0.3, 0.4) is 0 Å². The van der Waals surface area contributed by atoms with E-state index in [0.717, 1.165) is 16.0 Å². The van der Waals surface area contributed by atoms with E-state index in [1.807, 2.05) is 0 Å². The molecule has 1 aromatic heterocycles. The number of hydrogen-bond acceptors (Lipinski definition) is 4. The summed E-state index contributed by atoms with van der Waals surface area (Å²) in [6.45, 7) is 0. The second-order valence-corrected chi connectivity index (χ2v) is 5.05. The Balaban J connectivity index is 0.000000980. The number of fused-ring (bicyclic) bond motifs is 1. The van der Waals surface area contributed by atoms with Gasteiger partial charge in [-0.3, -0.25) is 4.55 Å². The van der Waals surface area contributed by atoms with Gasteiger partial charge in [-0.05, 0) is 12.1 Å². The Kier molecular flexibility index (Phi) is 3.68. The summed E-state index contributed by atoms with van der Waals surface area (Å²) in [5, 5.41) is 0. The summed E-state index contributed by atoms with van der Waals surface area (Å²) in [5.74, 6) is 0. The third-order valence-corrected chi connectivity index (χ3v) is 3.74. The predicted octanol–water partition coefficient (Wildman–Crippen LogP) is 0.895. The Hall–Kier alpha value is 0.0200. The van der Waals surface area contributed by atoms with Gasteiger partial charge in [-0.25, -0.2) is 4.98 Å². The summed E-state index contributed by atoms with van der Waals surface area (Å²) in [7, 11) is -4.16. The van der Waals surface area contributed by atoms with Crippen LogP contribution in [0.4, 0.5) is 0 Å². The first kappa shape index (κ1) is 12.1. The molecule has 2 aromatic rings. The maximum absolute atomic E-state index is 10.7. The first-order valence-corrected chi connectivity index (χ1v) is 5.66. The van der Waals surface area contributed by atoms with Crippen LogP contribution in [-0.4, -0.2) is 47.5 Å². The molecule has 1 heterocycles. The molecule has 0 saturated heterocycles. The average Bonchev–Trinajstić information content (AvgIpc) is 2.45. The molecule has 0 radical (unpaired) electrons. The van der Waals surface area contributed by atoms with Crippen molar-refractivity contribution in [1.82, 2.24) is 4.98 Å². The Morgan fingerprint density at radius 1 is 1.29 bits per heavy atom. The van der Waals surface area contributed by atoms with Gasteiger partial charge in [-0.15, -0.1) is 11.3 Å². The molecule has 0 amide bonds. The Morgan fingerprint density at radius 3 is 2.50 bits per heavy atom. The molecule has 70 valence electrons. The molecule has 1 aromatic carbocycles. The van der Waals surface area contributed by atoms with Crippen molar-refractivity contribution in [3.63, 3.8) is 0 Å². The van der Waals surface area contributed by atoms with Crippen LogP contribution < -0.4 is 0 Å². The van der Waals surface area contributed by atoms with Crippen molar-refractivity contribution < 1.29 is 13.0 Å². The molecule has 14 heavy (non-hydrogen) atoms. The quantitative estimate of drug-likeness (QED) is 0.593. The number of aromatic nitrogens is 1. The van der Waals surface area contributed by atoms with Crippen LogP contribution in [0.5, 0.6) is 0 Å². The van der Waals surface area contributed by atoms with E-state index >= 15 is 0 Å². The molecule has 4 nitrogen and oxygen atoms in total. The van der Waals surface area contributed by atoms with E-state index in [1.54, 1.807) is 24.3 Å². The van der Waals surface area contributed by atoms with Crippen molar-refractivity contribution in [3.05, 3.63) is 24.3 Å². The monoisotopic (exact) mass is 239 g/mol. The number of benzene rings is 1.